The summed E-state index contributed by atoms with van der Waals surface area (Å²) >= 11 is 5.64. The second kappa shape index (κ2) is 6.73. The largest absolute Gasteiger partial charge is 0.454 e. The third-order valence-electron chi connectivity index (χ3n) is 2.83. The zero-order valence-corrected chi connectivity index (χ0v) is 13.9. The third kappa shape index (κ3) is 3.83. The number of hydrogen-bond acceptors (Lipinski definition) is 2. The van der Waals surface area contributed by atoms with E-state index in [1.165, 1.54) is 5.56 Å². The fourth-order valence-corrected chi connectivity index (χ4v) is 2.59. The van der Waals surface area contributed by atoms with E-state index in [1.807, 2.05) is 12.1 Å². The van der Waals surface area contributed by atoms with Crippen molar-refractivity contribution in [1.29, 1.82) is 0 Å². The monoisotopic (exact) mass is 419 g/mol. The molecule has 2 aromatic rings. The third-order valence-corrected chi connectivity index (χ3v) is 3.94. The molecule has 0 radical (unpaired) electrons. The van der Waals surface area contributed by atoms with Crippen molar-refractivity contribution in [1.82, 2.24) is 5.32 Å². The summed E-state index contributed by atoms with van der Waals surface area (Å²) in [4.78, 5) is 0. The lowest BCUT2D eigenvalue weighted by molar-refractivity contribution is 0.431. The van der Waals surface area contributed by atoms with Gasteiger partial charge in [-0.3, -0.25) is 0 Å². The Morgan fingerprint density at radius 1 is 1.22 bits per heavy atom. The van der Waals surface area contributed by atoms with E-state index in [9.17, 15) is 0 Å². The molecule has 96 valence electrons. The zero-order chi connectivity index (χ0) is 13.0. The Hall–Kier alpha value is -0.330. The van der Waals surface area contributed by atoms with Crippen molar-refractivity contribution in [2.45, 2.75) is 25.9 Å². The fraction of sp³-hybridized carbons (Fsp3) is 0.286. The molecule has 0 aliphatic rings. The van der Waals surface area contributed by atoms with Crippen molar-refractivity contribution in [3.05, 3.63) is 56.0 Å². The maximum absolute atomic E-state index is 5.55. The van der Waals surface area contributed by atoms with E-state index in [1.54, 1.807) is 0 Å². The molecule has 4 heteroatoms. The number of nitrogens with one attached hydrogen (secondary N) is 1. The van der Waals surface area contributed by atoms with E-state index in [0.29, 0.717) is 6.04 Å². The number of benzene rings is 1. The minimum absolute atomic E-state index is 0.362. The standard InChI is InChI=1S/C14H15BrINO/c1-2-13(10-3-5-11(15)6-4-10)17-9-12-7-8-14(16)18-12/h3-8,13,17H,2,9H2,1H3. The van der Waals surface area contributed by atoms with E-state index in [2.05, 4.69) is 75.0 Å². The molecular formula is C14H15BrINO. The van der Waals surface area contributed by atoms with E-state index in [4.69, 9.17) is 4.42 Å². The summed E-state index contributed by atoms with van der Waals surface area (Å²) < 4.78 is 7.59. The van der Waals surface area contributed by atoms with Crippen molar-refractivity contribution in [3.8, 4) is 0 Å². The van der Waals surface area contributed by atoms with Crippen LogP contribution in [0.15, 0.2) is 45.3 Å². The molecule has 1 unspecified atom stereocenters. The topological polar surface area (TPSA) is 25.2 Å². The SMILES string of the molecule is CCC(NCc1ccc(I)o1)c1ccc(Br)cc1. The molecule has 0 aliphatic carbocycles. The smallest absolute Gasteiger partial charge is 0.164 e. The summed E-state index contributed by atoms with van der Waals surface area (Å²) in [7, 11) is 0. The molecule has 1 aromatic heterocycles. The van der Waals surface area contributed by atoms with Gasteiger partial charge in [0.15, 0.2) is 3.77 Å². The van der Waals surface area contributed by atoms with Gasteiger partial charge < -0.3 is 9.73 Å². The Morgan fingerprint density at radius 2 is 1.94 bits per heavy atom. The molecule has 0 fully saturated rings. The molecule has 0 saturated heterocycles. The quantitative estimate of drug-likeness (QED) is 0.698. The Bertz CT molecular complexity index is 495. The van der Waals surface area contributed by atoms with Crippen molar-refractivity contribution in [2.24, 2.45) is 0 Å². The minimum Gasteiger partial charge on any atom is -0.454 e. The van der Waals surface area contributed by atoms with Crippen LogP contribution in [0, 0.1) is 3.77 Å². The van der Waals surface area contributed by atoms with Crippen LogP contribution >= 0.6 is 38.5 Å². The van der Waals surface area contributed by atoms with Crippen LogP contribution in [0.3, 0.4) is 0 Å². The summed E-state index contributed by atoms with van der Waals surface area (Å²) in [6.45, 7) is 2.95. The summed E-state index contributed by atoms with van der Waals surface area (Å²) in [5.74, 6) is 0.981. The first-order valence-corrected chi connectivity index (χ1v) is 7.79. The van der Waals surface area contributed by atoms with E-state index in [0.717, 1.165) is 27.0 Å². The fourth-order valence-electron chi connectivity index (χ4n) is 1.86. The Labute approximate surface area is 129 Å². The van der Waals surface area contributed by atoms with Gasteiger partial charge in [0.2, 0.25) is 0 Å². The highest BCUT2D eigenvalue weighted by molar-refractivity contribution is 14.1. The van der Waals surface area contributed by atoms with Gasteiger partial charge in [-0.05, 0) is 58.8 Å². The van der Waals surface area contributed by atoms with Gasteiger partial charge in [-0.1, -0.05) is 35.0 Å². The van der Waals surface area contributed by atoms with Gasteiger partial charge in [0.1, 0.15) is 5.76 Å². The predicted molar refractivity (Wildman–Crippen MR) is 85.4 cm³/mol. The molecular weight excluding hydrogens is 405 g/mol. The molecule has 18 heavy (non-hydrogen) atoms. The van der Waals surface area contributed by atoms with E-state index < -0.39 is 0 Å². The van der Waals surface area contributed by atoms with Crippen LogP contribution in [0.5, 0.6) is 0 Å². The Kier molecular flexibility index (Phi) is 5.26. The number of rotatable bonds is 5. The average Bonchev–Trinajstić information content (AvgIpc) is 2.78. The van der Waals surface area contributed by atoms with E-state index >= 15 is 0 Å². The van der Waals surface area contributed by atoms with Crippen LogP contribution in [0.2, 0.25) is 0 Å². The first kappa shape index (κ1) is 14.1. The highest BCUT2D eigenvalue weighted by atomic mass is 127. The van der Waals surface area contributed by atoms with Crippen molar-refractivity contribution in [3.63, 3.8) is 0 Å². The molecule has 1 heterocycles. The van der Waals surface area contributed by atoms with Crippen LogP contribution in [0.25, 0.3) is 0 Å². The molecule has 1 aromatic carbocycles. The highest BCUT2D eigenvalue weighted by Gasteiger charge is 2.09. The number of hydrogen-bond donors (Lipinski definition) is 1. The number of furan rings is 1. The molecule has 1 atom stereocenters. The first-order valence-electron chi connectivity index (χ1n) is 5.92. The van der Waals surface area contributed by atoms with Gasteiger partial charge >= 0.3 is 0 Å². The van der Waals surface area contributed by atoms with Crippen molar-refractivity contribution in [2.75, 3.05) is 0 Å². The van der Waals surface area contributed by atoms with Crippen molar-refractivity contribution < 1.29 is 4.42 Å². The van der Waals surface area contributed by atoms with E-state index in [-0.39, 0.29) is 0 Å². The second-order valence-electron chi connectivity index (χ2n) is 4.10. The molecule has 0 amide bonds. The molecule has 0 spiro atoms. The van der Waals surface area contributed by atoms with Gasteiger partial charge in [-0.15, -0.1) is 0 Å². The minimum atomic E-state index is 0.362. The Morgan fingerprint density at radius 3 is 2.50 bits per heavy atom. The summed E-state index contributed by atoms with van der Waals surface area (Å²) in [6, 6.07) is 12.8. The van der Waals surface area contributed by atoms with Gasteiger partial charge in [0.25, 0.3) is 0 Å². The van der Waals surface area contributed by atoms with Gasteiger partial charge in [0, 0.05) is 10.5 Å². The number of halogens is 2. The predicted octanol–water partition coefficient (Wildman–Crippen LogP) is 4.89. The maximum Gasteiger partial charge on any atom is 0.164 e. The summed E-state index contributed by atoms with van der Waals surface area (Å²) in [5.41, 5.74) is 1.31. The lowest BCUT2D eigenvalue weighted by Gasteiger charge is -2.16. The Balaban J connectivity index is 1.99. The molecule has 0 aliphatic heterocycles. The second-order valence-corrected chi connectivity index (χ2v) is 6.08. The molecule has 2 nitrogen and oxygen atoms in total. The first-order chi connectivity index (χ1) is 8.69. The lowest BCUT2D eigenvalue weighted by Crippen LogP contribution is -2.19. The van der Waals surface area contributed by atoms with Gasteiger partial charge in [-0.2, -0.15) is 0 Å². The summed E-state index contributed by atoms with van der Waals surface area (Å²) in [5, 5.41) is 3.52. The van der Waals surface area contributed by atoms with Crippen LogP contribution in [0.1, 0.15) is 30.7 Å². The lowest BCUT2D eigenvalue weighted by atomic mass is 10.0. The van der Waals surface area contributed by atoms with Gasteiger partial charge in [0.05, 0.1) is 6.54 Å². The average molecular weight is 420 g/mol. The van der Waals surface area contributed by atoms with Crippen LogP contribution in [0.4, 0.5) is 0 Å². The molecule has 1 N–H and O–H groups in total. The molecule has 2 rings (SSSR count). The van der Waals surface area contributed by atoms with Crippen LogP contribution < -0.4 is 5.32 Å². The zero-order valence-electron chi connectivity index (χ0n) is 10.1. The molecule has 0 saturated carbocycles. The highest BCUT2D eigenvalue weighted by Crippen LogP contribution is 2.20. The maximum atomic E-state index is 5.55. The van der Waals surface area contributed by atoms with Crippen molar-refractivity contribution >= 4 is 38.5 Å². The van der Waals surface area contributed by atoms with Gasteiger partial charge in [-0.25, -0.2) is 0 Å². The molecule has 0 bridgehead atoms. The normalized spacial score (nSPS) is 12.6. The summed E-state index contributed by atoms with van der Waals surface area (Å²) in [6.07, 6.45) is 1.05. The van der Waals surface area contributed by atoms with Crippen LogP contribution in [-0.4, -0.2) is 0 Å². The van der Waals surface area contributed by atoms with Crippen LogP contribution in [-0.2, 0) is 6.54 Å².